The number of nitrogens with one attached hydrogen (secondary N) is 2. The number of sulfonamides is 1. The Morgan fingerprint density at radius 2 is 1.96 bits per heavy atom. The van der Waals surface area contributed by atoms with E-state index in [4.69, 9.17) is 0 Å². The quantitative estimate of drug-likeness (QED) is 0.855. The number of aryl methyl sites for hydroxylation is 2. The summed E-state index contributed by atoms with van der Waals surface area (Å²) in [6, 6.07) is 3.00. The van der Waals surface area contributed by atoms with E-state index in [-0.39, 0.29) is 22.5 Å². The molecule has 1 fully saturated rings. The zero-order valence-corrected chi connectivity index (χ0v) is 14.5. The van der Waals surface area contributed by atoms with Gasteiger partial charge in [-0.05, 0) is 45.6 Å². The van der Waals surface area contributed by atoms with Gasteiger partial charge in [0.2, 0.25) is 10.0 Å². The fourth-order valence-electron chi connectivity index (χ4n) is 3.30. The van der Waals surface area contributed by atoms with Crippen LogP contribution in [0.2, 0.25) is 0 Å². The fraction of sp³-hybridized carbons (Fsp3) is 0.533. The van der Waals surface area contributed by atoms with E-state index in [2.05, 4.69) is 20.0 Å². The monoisotopic (exact) mass is 351 g/mol. The van der Waals surface area contributed by atoms with Crippen LogP contribution in [0.25, 0.3) is 0 Å². The number of H-pyrrole nitrogens is 1. The van der Waals surface area contributed by atoms with E-state index < -0.39 is 10.0 Å². The van der Waals surface area contributed by atoms with Crippen LogP contribution < -0.4 is 10.3 Å². The second-order valence-corrected chi connectivity index (χ2v) is 7.85. The van der Waals surface area contributed by atoms with E-state index in [0.29, 0.717) is 37.1 Å². The van der Waals surface area contributed by atoms with Crippen LogP contribution in [0.4, 0.5) is 0 Å². The van der Waals surface area contributed by atoms with Crippen molar-refractivity contribution >= 4 is 10.0 Å². The first kappa shape index (κ1) is 16.8. The summed E-state index contributed by atoms with van der Waals surface area (Å²) in [5.41, 5.74) is 0.883. The minimum Gasteiger partial charge on any atom is -0.281 e. The van der Waals surface area contributed by atoms with E-state index >= 15 is 0 Å². The van der Waals surface area contributed by atoms with Gasteiger partial charge >= 0.3 is 0 Å². The van der Waals surface area contributed by atoms with Crippen LogP contribution in [0, 0.1) is 13.8 Å². The summed E-state index contributed by atoms with van der Waals surface area (Å²) >= 11 is 0. The zero-order chi connectivity index (χ0) is 17.3. The molecule has 0 spiro atoms. The van der Waals surface area contributed by atoms with E-state index in [1.54, 1.807) is 26.1 Å². The molecule has 3 rings (SSSR count). The molecule has 0 unspecified atom stereocenters. The summed E-state index contributed by atoms with van der Waals surface area (Å²) in [5, 5.41) is 10.8. The Hall–Kier alpha value is -2.00. The van der Waals surface area contributed by atoms with Crippen LogP contribution in [-0.4, -0.2) is 34.4 Å². The van der Waals surface area contributed by atoms with Gasteiger partial charge in [-0.25, -0.2) is 17.8 Å². The second-order valence-electron chi connectivity index (χ2n) is 6.20. The molecule has 0 saturated heterocycles. The highest BCUT2D eigenvalue weighted by molar-refractivity contribution is 7.89. The lowest BCUT2D eigenvalue weighted by molar-refractivity contribution is 0.285. The molecule has 0 bridgehead atoms. The standard InChI is InChI=1S/C15H21N5O3S/c1-10-15(11(2)18-17-10)24(22,23)19-12-5-7-13(8-6-12)20-14(21)4-3-9-16-20/h3-4,9,12-13,19H,5-8H2,1-2H3,(H,17,18). The lowest BCUT2D eigenvalue weighted by atomic mass is 9.92. The Balaban J connectivity index is 1.68. The summed E-state index contributed by atoms with van der Waals surface area (Å²) in [7, 11) is -3.60. The molecule has 0 radical (unpaired) electrons. The number of rotatable bonds is 4. The van der Waals surface area contributed by atoms with E-state index in [0.717, 1.165) is 0 Å². The van der Waals surface area contributed by atoms with Crippen LogP contribution in [0.15, 0.2) is 28.0 Å². The first-order chi connectivity index (χ1) is 11.4. The van der Waals surface area contributed by atoms with Gasteiger partial charge in [-0.1, -0.05) is 0 Å². The average molecular weight is 351 g/mol. The molecule has 0 aliphatic heterocycles. The Morgan fingerprint density at radius 1 is 1.25 bits per heavy atom. The fourth-order valence-corrected chi connectivity index (χ4v) is 4.97. The molecule has 2 aromatic rings. The minimum atomic E-state index is -3.60. The lowest BCUT2D eigenvalue weighted by Gasteiger charge is -2.29. The first-order valence-electron chi connectivity index (χ1n) is 7.96. The number of aromatic amines is 1. The topological polar surface area (TPSA) is 110 Å². The van der Waals surface area contributed by atoms with Gasteiger partial charge in [-0.2, -0.15) is 10.2 Å². The van der Waals surface area contributed by atoms with Crippen molar-refractivity contribution in [3.63, 3.8) is 0 Å². The molecular formula is C15H21N5O3S. The van der Waals surface area contributed by atoms with Crippen molar-refractivity contribution in [2.24, 2.45) is 0 Å². The summed E-state index contributed by atoms with van der Waals surface area (Å²) in [6.45, 7) is 3.36. The van der Waals surface area contributed by atoms with E-state index in [1.807, 2.05) is 0 Å². The Kier molecular flexibility index (Phi) is 4.55. The number of nitrogens with zero attached hydrogens (tertiary/aromatic N) is 3. The molecule has 8 nitrogen and oxygen atoms in total. The summed E-state index contributed by atoms with van der Waals surface area (Å²) in [5.74, 6) is 0. The smallest absolute Gasteiger partial charge is 0.266 e. The Bertz CT molecular complexity index is 859. The Morgan fingerprint density at radius 3 is 2.54 bits per heavy atom. The highest BCUT2D eigenvalue weighted by Crippen LogP contribution is 2.28. The van der Waals surface area contributed by atoms with Crippen molar-refractivity contribution in [3.05, 3.63) is 40.1 Å². The Labute approximate surface area is 140 Å². The molecular weight excluding hydrogens is 330 g/mol. The molecule has 9 heteroatoms. The van der Waals surface area contributed by atoms with Crippen molar-refractivity contribution in [3.8, 4) is 0 Å². The van der Waals surface area contributed by atoms with Gasteiger partial charge in [0.25, 0.3) is 5.56 Å². The van der Waals surface area contributed by atoms with Gasteiger partial charge in [0.15, 0.2) is 0 Å². The molecule has 1 aliphatic rings. The highest BCUT2D eigenvalue weighted by Gasteiger charge is 2.29. The third-order valence-corrected chi connectivity index (χ3v) is 6.22. The van der Waals surface area contributed by atoms with Crippen molar-refractivity contribution in [1.82, 2.24) is 24.7 Å². The maximum absolute atomic E-state index is 12.6. The number of hydrogen-bond donors (Lipinski definition) is 2. The van der Waals surface area contributed by atoms with Crippen molar-refractivity contribution in [2.75, 3.05) is 0 Å². The molecule has 1 saturated carbocycles. The predicted octanol–water partition coefficient (Wildman–Crippen LogP) is 1.05. The molecule has 24 heavy (non-hydrogen) atoms. The number of hydrogen-bond acceptors (Lipinski definition) is 5. The van der Waals surface area contributed by atoms with E-state index in [1.165, 1.54) is 10.7 Å². The van der Waals surface area contributed by atoms with Crippen LogP contribution in [0.3, 0.4) is 0 Å². The number of aromatic nitrogens is 4. The first-order valence-corrected chi connectivity index (χ1v) is 9.44. The molecule has 0 amide bonds. The maximum Gasteiger partial charge on any atom is 0.266 e. The van der Waals surface area contributed by atoms with Crippen molar-refractivity contribution in [2.45, 2.75) is 56.5 Å². The third kappa shape index (κ3) is 3.27. The summed E-state index contributed by atoms with van der Waals surface area (Å²) in [4.78, 5) is 12.1. The predicted molar refractivity (Wildman–Crippen MR) is 88.2 cm³/mol. The SMILES string of the molecule is Cc1n[nH]c(C)c1S(=O)(=O)NC1CCC(n2ncccc2=O)CC1. The normalized spacial score (nSPS) is 21.8. The van der Waals surface area contributed by atoms with Crippen molar-refractivity contribution < 1.29 is 8.42 Å². The molecule has 1 aliphatic carbocycles. The maximum atomic E-state index is 12.6. The van der Waals surface area contributed by atoms with Crippen LogP contribution in [0.5, 0.6) is 0 Å². The molecule has 2 aromatic heterocycles. The molecule has 2 heterocycles. The van der Waals surface area contributed by atoms with Gasteiger partial charge in [0, 0.05) is 18.3 Å². The van der Waals surface area contributed by atoms with Gasteiger partial charge < -0.3 is 0 Å². The van der Waals surface area contributed by atoms with Crippen LogP contribution in [-0.2, 0) is 10.0 Å². The van der Waals surface area contributed by atoms with Crippen LogP contribution >= 0.6 is 0 Å². The third-order valence-electron chi connectivity index (χ3n) is 4.44. The largest absolute Gasteiger partial charge is 0.281 e. The summed E-state index contributed by atoms with van der Waals surface area (Å²) < 4.78 is 29.4. The van der Waals surface area contributed by atoms with Gasteiger partial charge in [0.1, 0.15) is 4.90 Å². The van der Waals surface area contributed by atoms with Gasteiger partial charge in [-0.3, -0.25) is 9.89 Å². The zero-order valence-electron chi connectivity index (χ0n) is 13.7. The van der Waals surface area contributed by atoms with Crippen LogP contribution in [0.1, 0.15) is 43.1 Å². The lowest BCUT2D eigenvalue weighted by Crippen LogP contribution is -2.39. The van der Waals surface area contributed by atoms with Gasteiger partial charge in [-0.15, -0.1) is 0 Å². The second kappa shape index (κ2) is 6.48. The average Bonchev–Trinajstić information content (AvgIpc) is 2.88. The molecule has 2 N–H and O–H groups in total. The molecule has 0 atom stereocenters. The summed E-state index contributed by atoms with van der Waals surface area (Å²) in [6.07, 6.45) is 4.37. The van der Waals surface area contributed by atoms with Crippen molar-refractivity contribution in [1.29, 1.82) is 0 Å². The van der Waals surface area contributed by atoms with Gasteiger partial charge in [0.05, 0.1) is 17.4 Å². The minimum absolute atomic E-state index is 0.0249. The van der Waals surface area contributed by atoms with E-state index in [9.17, 15) is 13.2 Å². The molecule has 130 valence electrons. The molecule has 0 aromatic carbocycles. The highest BCUT2D eigenvalue weighted by atomic mass is 32.2.